The molecular weight excluding hydrogens is 224 g/mol. The Morgan fingerprint density at radius 1 is 1.18 bits per heavy atom. The van der Waals surface area contributed by atoms with Crippen LogP contribution in [0.2, 0.25) is 0 Å². The van der Waals surface area contributed by atoms with Crippen molar-refractivity contribution in [2.24, 2.45) is 5.73 Å². The van der Waals surface area contributed by atoms with Crippen LogP contribution in [0.4, 0.5) is 8.78 Å². The predicted molar refractivity (Wildman–Crippen MR) is 59.0 cm³/mol. The molecule has 0 aliphatic carbocycles. The maximum atomic E-state index is 13.0. The summed E-state index contributed by atoms with van der Waals surface area (Å²) in [6, 6.07) is 5.10. The summed E-state index contributed by atoms with van der Waals surface area (Å²) in [6.45, 7) is 0. The second-order valence-electron chi connectivity index (χ2n) is 3.69. The van der Waals surface area contributed by atoms with Crippen molar-refractivity contribution >= 4 is 0 Å². The summed E-state index contributed by atoms with van der Waals surface area (Å²) in [5, 5.41) is 0. The summed E-state index contributed by atoms with van der Waals surface area (Å²) < 4.78 is 25.7. The number of nitrogens with zero attached hydrogens (tertiary/aromatic N) is 2. The second kappa shape index (κ2) is 4.97. The van der Waals surface area contributed by atoms with E-state index in [2.05, 4.69) is 9.97 Å². The summed E-state index contributed by atoms with van der Waals surface area (Å²) in [5.41, 5.74) is 7.21. The molecule has 0 aliphatic rings. The summed E-state index contributed by atoms with van der Waals surface area (Å²) in [5.74, 6) is -1.72. The highest BCUT2D eigenvalue weighted by molar-refractivity contribution is 5.20. The molecule has 1 atom stereocenters. The molecule has 0 saturated carbocycles. The Labute approximate surface area is 97.3 Å². The van der Waals surface area contributed by atoms with Crippen molar-refractivity contribution in [3.63, 3.8) is 0 Å². The number of halogens is 2. The molecule has 0 amide bonds. The van der Waals surface area contributed by atoms with Crippen LogP contribution in [-0.4, -0.2) is 9.97 Å². The monoisotopic (exact) mass is 235 g/mol. The van der Waals surface area contributed by atoms with Crippen LogP contribution < -0.4 is 5.73 Å². The zero-order valence-electron chi connectivity index (χ0n) is 8.98. The average molecular weight is 235 g/mol. The fourth-order valence-electron chi connectivity index (χ4n) is 1.55. The molecule has 0 radical (unpaired) electrons. The Morgan fingerprint density at radius 2 is 2.00 bits per heavy atom. The highest BCUT2D eigenvalue weighted by atomic mass is 19.2. The fraction of sp³-hybridized carbons (Fsp3) is 0.167. The minimum absolute atomic E-state index is 0.358. The summed E-state index contributed by atoms with van der Waals surface area (Å²) in [6.07, 6.45) is 3.39. The number of benzene rings is 1. The van der Waals surface area contributed by atoms with E-state index in [1.54, 1.807) is 12.3 Å². The maximum Gasteiger partial charge on any atom is 0.159 e. The molecule has 1 aromatic carbocycles. The summed E-state index contributed by atoms with van der Waals surface area (Å²) >= 11 is 0. The van der Waals surface area contributed by atoms with E-state index in [9.17, 15) is 8.78 Å². The smallest absolute Gasteiger partial charge is 0.159 e. The van der Waals surface area contributed by atoms with Gasteiger partial charge in [0.1, 0.15) is 6.33 Å². The fourth-order valence-corrected chi connectivity index (χ4v) is 1.55. The Balaban J connectivity index is 2.13. The van der Waals surface area contributed by atoms with Gasteiger partial charge in [-0.15, -0.1) is 0 Å². The standard InChI is InChI=1S/C12H11F2N3/c13-9-2-1-8(5-10(9)14)6-11(15)12-3-4-16-7-17-12/h1-5,7,11H,6,15H2. The molecule has 1 aromatic heterocycles. The van der Waals surface area contributed by atoms with E-state index in [1.807, 2.05) is 0 Å². The van der Waals surface area contributed by atoms with Crippen molar-refractivity contribution in [2.75, 3.05) is 0 Å². The van der Waals surface area contributed by atoms with Crippen molar-refractivity contribution in [1.82, 2.24) is 9.97 Å². The summed E-state index contributed by atoms with van der Waals surface area (Å²) in [4.78, 5) is 7.80. The first kappa shape index (κ1) is 11.6. The van der Waals surface area contributed by atoms with Gasteiger partial charge in [-0.05, 0) is 30.2 Å². The average Bonchev–Trinajstić information content (AvgIpc) is 2.35. The molecule has 5 heteroatoms. The molecule has 2 rings (SSSR count). The third-order valence-electron chi connectivity index (χ3n) is 2.42. The first-order chi connectivity index (χ1) is 8.16. The largest absolute Gasteiger partial charge is 0.322 e. The molecular formula is C12H11F2N3. The van der Waals surface area contributed by atoms with Crippen LogP contribution in [-0.2, 0) is 6.42 Å². The molecule has 0 bridgehead atoms. The van der Waals surface area contributed by atoms with Gasteiger partial charge < -0.3 is 5.73 Å². The van der Waals surface area contributed by atoms with Crippen molar-refractivity contribution in [3.05, 3.63) is 59.7 Å². The normalized spacial score (nSPS) is 12.4. The lowest BCUT2D eigenvalue weighted by Crippen LogP contribution is -2.15. The van der Waals surface area contributed by atoms with Gasteiger partial charge in [0.15, 0.2) is 11.6 Å². The van der Waals surface area contributed by atoms with Crippen LogP contribution in [0.5, 0.6) is 0 Å². The highest BCUT2D eigenvalue weighted by Crippen LogP contribution is 2.15. The van der Waals surface area contributed by atoms with Gasteiger partial charge in [0.25, 0.3) is 0 Å². The molecule has 2 aromatic rings. The Bertz CT molecular complexity index is 502. The van der Waals surface area contributed by atoms with Crippen molar-refractivity contribution in [3.8, 4) is 0 Å². The van der Waals surface area contributed by atoms with E-state index in [0.29, 0.717) is 17.7 Å². The van der Waals surface area contributed by atoms with Crippen LogP contribution in [0.25, 0.3) is 0 Å². The van der Waals surface area contributed by atoms with E-state index in [-0.39, 0.29) is 6.04 Å². The van der Waals surface area contributed by atoms with Gasteiger partial charge in [0, 0.05) is 6.20 Å². The number of aromatic nitrogens is 2. The van der Waals surface area contributed by atoms with Gasteiger partial charge in [-0.2, -0.15) is 0 Å². The molecule has 3 nitrogen and oxygen atoms in total. The zero-order valence-corrected chi connectivity index (χ0v) is 8.98. The van der Waals surface area contributed by atoms with Crippen LogP contribution in [0.1, 0.15) is 17.3 Å². The second-order valence-corrected chi connectivity index (χ2v) is 3.69. The molecule has 1 unspecified atom stereocenters. The first-order valence-corrected chi connectivity index (χ1v) is 5.12. The molecule has 0 fully saturated rings. The number of rotatable bonds is 3. The van der Waals surface area contributed by atoms with E-state index < -0.39 is 11.6 Å². The van der Waals surface area contributed by atoms with Gasteiger partial charge in [0.05, 0.1) is 11.7 Å². The summed E-state index contributed by atoms with van der Waals surface area (Å²) in [7, 11) is 0. The lowest BCUT2D eigenvalue weighted by Gasteiger charge is -2.10. The number of hydrogen-bond acceptors (Lipinski definition) is 3. The quantitative estimate of drug-likeness (QED) is 0.885. The van der Waals surface area contributed by atoms with Crippen LogP contribution in [0.3, 0.4) is 0 Å². The van der Waals surface area contributed by atoms with Gasteiger partial charge >= 0.3 is 0 Å². The third-order valence-corrected chi connectivity index (χ3v) is 2.42. The Morgan fingerprint density at radius 3 is 2.65 bits per heavy atom. The minimum Gasteiger partial charge on any atom is -0.322 e. The van der Waals surface area contributed by atoms with Gasteiger partial charge in [-0.1, -0.05) is 6.07 Å². The SMILES string of the molecule is NC(Cc1ccc(F)c(F)c1)c1ccncn1. The van der Waals surface area contributed by atoms with E-state index in [0.717, 1.165) is 12.1 Å². The van der Waals surface area contributed by atoms with E-state index >= 15 is 0 Å². The molecule has 17 heavy (non-hydrogen) atoms. The lowest BCUT2D eigenvalue weighted by molar-refractivity contribution is 0.506. The van der Waals surface area contributed by atoms with E-state index in [1.165, 1.54) is 12.4 Å². The highest BCUT2D eigenvalue weighted by Gasteiger charge is 2.10. The molecule has 2 N–H and O–H groups in total. The molecule has 0 saturated heterocycles. The van der Waals surface area contributed by atoms with Crippen molar-refractivity contribution in [1.29, 1.82) is 0 Å². The van der Waals surface area contributed by atoms with Crippen LogP contribution in [0, 0.1) is 11.6 Å². The van der Waals surface area contributed by atoms with Crippen molar-refractivity contribution in [2.45, 2.75) is 12.5 Å². The zero-order chi connectivity index (χ0) is 12.3. The number of hydrogen-bond donors (Lipinski definition) is 1. The predicted octanol–water partition coefficient (Wildman–Crippen LogP) is 2.00. The number of nitrogens with two attached hydrogens (primary N) is 1. The minimum atomic E-state index is -0.864. The van der Waals surface area contributed by atoms with Crippen LogP contribution in [0.15, 0.2) is 36.8 Å². The lowest BCUT2D eigenvalue weighted by atomic mass is 10.0. The van der Waals surface area contributed by atoms with Crippen LogP contribution >= 0.6 is 0 Å². The topological polar surface area (TPSA) is 51.8 Å². The van der Waals surface area contributed by atoms with Gasteiger partial charge in [-0.25, -0.2) is 18.7 Å². The molecule has 1 heterocycles. The van der Waals surface area contributed by atoms with Crippen molar-refractivity contribution < 1.29 is 8.78 Å². The Hall–Kier alpha value is -1.88. The van der Waals surface area contributed by atoms with Gasteiger partial charge in [0.2, 0.25) is 0 Å². The molecule has 0 aliphatic heterocycles. The van der Waals surface area contributed by atoms with E-state index in [4.69, 9.17) is 5.73 Å². The molecule has 88 valence electrons. The maximum absolute atomic E-state index is 13.0. The molecule has 0 spiro atoms. The third kappa shape index (κ3) is 2.82. The Kier molecular flexibility index (Phi) is 3.39. The first-order valence-electron chi connectivity index (χ1n) is 5.12. The van der Waals surface area contributed by atoms with Gasteiger partial charge in [-0.3, -0.25) is 0 Å².